The zero-order chi connectivity index (χ0) is 12.3. The summed E-state index contributed by atoms with van der Waals surface area (Å²) in [4.78, 5) is 18.7. The Hall–Kier alpha value is -2.23. The van der Waals surface area contributed by atoms with Gasteiger partial charge < -0.3 is 5.11 Å². The maximum atomic E-state index is 10.6. The number of carboxylic acids is 1. The van der Waals surface area contributed by atoms with Crippen LogP contribution in [0.4, 0.5) is 0 Å². The van der Waals surface area contributed by atoms with Crippen LogP contribution in [0.1, 0.15) is 27.3 Å². The molecular weight excluding hydrogens is 216 g/mol. The van der Waals surface area contributed by atoms with Gasteiger partial charge >= 0.3 is 5.97 Å². The molecule has 2 aromatic rings. The van der Waals surface area contributed by atoms with E-state index in [1.165, 1.54) is 18.0 Å². The fraction of sp³-hybridized carbons (Fsp3) is 0.154. The predicted molar refractivity (Wildman–Crippen MR) is 63.0 cm³/mol. The van der Waals surface area contributed by atoms with E-state index in [0.717, 1.165) is 5.56 Å². The monoisotopic (exact) mass is 228 g/mol. The third kappa shape index (κ3) is 2.66. The first-order valence-electron chi connectivity index (χ1n) is 5.25. The number of rotatable bonds is 3. The first-order valence-corrected chi connectivity index (χ1v) is 5.25. The minimum absolute atomic E-state index is 0.110. The van der Waals surface area contributed by atoms with Crippen molar-refractivity contribution in [1.29, 1.82) is 0 Å². The van der Waals surface area contributed by atoms with E-state index >= 15 is 0 Å². The van der Waals surface area contributed by atoms with Gasteiger partial charge in [0.15, 0.2) is 0 Å². The number of carbonyl (C=O) groups is 1. The van der Waals surface area contributed by atoms with Crippen LogP contribution in [0, 0.1) is 6.92 Å². The Balaban J connectivity index is 2.20. The molecular formula is C13H12N2O2. The molecule has 1 aromatic heterocycles. The number of hydrogen-bond acceptors (Lipinski definition) is 3. The smallest absolute Gasteiger partial charge is 0.338 e. The van der Waals surface area contributed by atoms with E-state index in [4.69, 9.17) is 5.11 Å². The molecule has 4 nitrogen and oxygen atoms in total. The van der Waals surface area contributed by atoms with Gasteiger partial charge in [-0.3, -0.25) is 0 Å². The highest BCUT2D eigenvalue weighted by molar-refractivity contribution is 5.86. The van der Waals surface area contributed by atoms with E-state index in [9.17, 15) is 4.79 Å². The Kier molecular flexibility index (Phi) is 3.14. The molecule has 0 unspecified atom stereocenters. The average molecular weight is 228 g/mol. The molecule has 0 spiro atoms. The second-order valence-corrected chi connectivity index (χ2v) is 3.80. The summed E-state index contributed by atoms with van der Waals surface area (Å²) in [6.45, 7) is 2.03. The molecule has 0 amide bonds. The fourth-order valence-electron chi connectivity index (χ4n) is 1.54. The van der Waals surface area contributed by atoms with Crippen molar-refractivity contribution < 1.29 is 9.90 Å². The Bertz CT molecular complexity index is 535. The van der Waals surface area contributed by atoms with E-state index in [-0.39, 0.29) is 5.56 Å². The van der Waals surface area contributed by atoms with Gasteiger partial charge in [0.1, 0.15) is 5.82 Å². The fourth-order valence-corrected chi connectivity index (χ4v) is 1.54. The third-order valence-corrected chi connectivity index (χ3v) is 2.56. The van der Waals surface area contributed by atoms with Crippen molar-refractivity contribution in [2.45, 2.75) is 13.3 Å². The second kappa shape index (κ2) is 4.74. The van der Waals surface area contributed by atoms with Crippen LogP contribution >= 0.6 is 0 Å². The van der Waals surface area contributed by atoms with E-state index in [1.54, 1.807) is 0 Å². The molecule has 0 atom stereocenters. The van der Waals surface area contributed by atoms with Crippen LogP contribution in [0.25, 0.3) is 0 Å². The van der Waals surface area contributed by atoms with Crippen molar-refractivity contribution in [2.24, 2.45) is 0 Å². The van der Waals surface area contributed by atoms with Crippen LogP contribution in [0.15, 0.2) is 36.7 Å². The van der Waals surface area contributed by atoms with Crippen LogP contribution in [-0.4, -0.2) is 21.0 Å². The lowest BCUT2D eigenvalue weighted by atomic mass is 10.1. The van der Waals surface area contributed by atoms with Gasteiger partial charge in [-0.2, -0.15) is 0 Å². The van der Waals surface area contributed by atoms with Crippen LogP contribution in [-0.2, 0) is 6.42 Å². The summed E-state index contributed by atoms with van der Waals surface area (Å²) < 4.78 is 0. The lowest BCUT2D eigenvalue weighted by molar-refractivity contribution is 0.0696. The van der Waals surface area contributed by atoms with Crippen molar-refractivity contribution in [1.82, 2.24) is 9.97 Å². The highest BCUT2D eigenvalue weighted by Gasteiger charge is 2.05. The van der Waals surface area contributed by atoms with Crippen LogP contribution < -0.4 is 0 Å². The molecule has 0 fully saturated rings. The number of benzene rings is 1. The highest BCUT2D eigenvalue weighted by atomic mass is 16.4. The number of aromatic nitrogens is 2. The summed E-state index contributed by atoms with van der Waals surface area (Å²) in [6.07, 6.45) is 3.29. The van der Waals surface area contributed by atoms with E-state index in [1.807, 2.05) is 31.2 Å². The van der Waals surface area contributed by atoms with Gasteiger partial charge in [-0.05, 0) is 18.1 Å². The third-order valence-electron chi connectivity index (χ3n) is 2.56. The van der Waals surface area contributed by atoms with Crippen molar-refractivity contribution >= 4 is 5.97 Å². The highest BCUT2D eigenvalue weighted by Crippen LogP contribution is 2.10. The molecule has 0 bridgehead atoms. The maximum absolute atomic E-state index is 10.6. The summed E-state index contributed by atoms with van der Waals surface area (Å²) in [5, 5.41) is 8.73. The maximum Gasteiger partial charge on any atom is 0.338 e. The molecule has 4 heteroatoms. The summed E-state index contributed by atoms with van der Waals surface area (Å²) >= 11 is 0. The molecule has 1 aromatic carbocycles. The summed E-state index contributed by atoms with van der Waals surface area (Å²) in [5.41, 5.74) is 2.44. The van der Waals surface area contributed by atoms with Crippen molar-refractivity contribution in [3.63, 3.8) is 0 Å². The largest absolute Gasteiger partial charge is 0.478 e. The first kappa shape index (κ1) is 11.3. The van der Waals surface area contributed by atoms with Gasteiger partial charge in [0.2, 0.25) is 0 Å². The number of hydrogen-bond donors (Lipinski definition) is 1. The van der Waals surface area contributed by atoms with Crippen molar-refractivity contribution in [3.8, 4) is 0 Å². The van der Waals surface area contributed by atoms with Gasteiger partial charge in [0, 0.05) is 18.8 Å². The normalized spacial score (nSPS) is 10.2. The van der Waals surface area contributed by atoms with Gasteiger partial charge in [-0.15, -0.1) is 0 Å². The van der Waals surface area contributed by atoms with Gasteiger partial charge in [-0.25, -0.2) is 14.8 Å². The van der Waals surface area contributed by atoms with E-state index in [0.29, 0.717) is 12.2 Å². The molecule has 2 rings (SSSR count). The van der Waals surface area contributed by atoms with Crippen molar-refractivity contribution in [3.05, 3.63) is 59.2 Å². The minimum Gasteiger partial charge on any atom is -0.478 e. The molecule has 0 aliphatic rings. The lowest BCUT2D eigenvalue weighted by Crippen LogP contribution is -2.02. The number of aromatic carboxylic acids is 1. The Morgan fingerprint density at radius 3 is 2.47 bits per heavy atom. The summed E-state index contributed by atoms with van der Waals surface area (Å²) in [5.74, 6) is -0.378. The molecule has 0 radical (unpaired) electrons. The molecule has 1 N–H and O–H groups in total. The topological polar surface area (TPSA) is 63.1 Å². The summed E-state index contributed by atoms with van der Waals surface area (Å²) in [6, 6.07) is 7.99. The second-order valence-electron chi connectivity index (χ2n) is 3.80. The molecule has 0 aliphatic carbocycles. The van der Waals surface area contributed by atoms with E-state index in [2.05, 4.69) is 9.97 Å². The molecule has 0 aliphatic heterocycles. The molecule has 0 saturated heterocycles. The predicted octanol–water partition coefficient (Wildman–Crippen LogP) is 2.07. The zero-order valence-corrected chi connectivity index (χ0v) is 9.42. The van der Waals surface area contributed by atoms with Gasteiger partial charge in [-0.1, -0.05) is 24.3 Å². The zero-order valence-electron chi connectivity index (χ0n) is 9.42. The van der Waals surface area contributed by atoms with Crippen LogP contribution in [0.3, 0.4) is 0 Å². The number of aryl methyl sites for hydroxylation is 1. The molecule has 0 saturated carbocycles. The standard InChI is InChI=1S/C13H12N2O2/c1-9-4-2-3-5-10(9)6-12-14-7-11(8-15-12)13(16)17/h2-5,7-8H,6H2,1H3,(H,16,17). The molecule has 1 heterocycles. The Morgan fingerprint density at radius 2 is 1.88 bits per heavy atom. The summed E-state index contributed by atoms with van der Waals surface area (Å²) in [7, 11) is 0. The molecule has 86 valence electrons. The Labute approximate surface area is 99.0 Å². The number of carboxylic acid groups (broad SMARTS) is 1. The molecule has 17 heavy (non-hydrogen) atoms. The quantitative estimate of drug-likeness (QED) is 0.873. The van der Waals surface area contributed by atoms with Crippen LogP contribution in [0.2, 0.25) is 0 Å². The minimum atomic E-state index is -1.01. The van der Waals surface area contributed by atoms with E-state index < -0.39 is 5.97 Å². The first-order chi connectivity index (χ1) is 8.16. The average Bonchev–Trinajstić information content (AvgIpc) is 2.33. The Morgan fingerprint density at radius 1 is 1.24 bits per heavy atom. The number of nitrogens with zero attached hydrogens (tertiary/aromatic N) is 2. The van der Waals surface area contributed by atoms with Gasteiger partial charge in [0.25, 0.3) is 0 Å². The lowest BCUT2D eigenvalue weighted by Gasteiger charge is -2.04. The van der Waals surface area contributed by atoms with Crippen molar-refractivity contribution in [2.75, 3.05) is 0 Å². The van der Waals surface area contributed by atoms with Crippen LogP contribution in [0.5, 0.6) is 0 Å². The van der Waals surface area contributed by atoms with Gasteiger partial charge in [0.05, 0.1) is 5.56 Å². The SMILES string of the molecule is Cc1ccccc1Cc1ncc(C(=O)O)cn1.